The fourth-order valence-corrected chi connectivity index (χ4v) is 0.922. The number of hydrogen-bond acceptors (Lipinski definition) is 3. The average molecular weight is 221 g/mol. The highest BCUT2D eigenvalue weighted by Gasteiger charge is 2.28. The van der Waals surface area contributed by atoms with Gasteiger partial charge in [-0.15, -0.1) is 0 Å². The molecule has 0 unspecified atom stereocenters. The molecule has 6 heteroatoms. The first kappa shape index (κ1) is 11.8. The quantitative estimate of drug-likeness (QED) is 0.780. The van der Waals surface area contributed by atoms with E-state index < -0.39 is 12.8 Å². The van der Waals surface area contributed by atoms with Gasteiger partial charge in [0.05, 0.1) is 12.3 Å². The lowest BCUT2D eigenvalue weighted by Crippen LogP contribution is -2.19. The summed E-state index contributed by atoms with van der Waals surface area (Å²) in [6, 6.07) is 4.57. The Morgan fingerprint density at radius 3 is 2.67 bits per heavy atom. The van der Waals surface area contributed by atoms with Crippen LogP contribution in [0, 0.1) is 0 Å². The van der Waals surface area contributed by atoms with Crippen LogP contribution < -0.4 is 4.74 Å². The largest absolute Gasteiger partial charge is 0.468 e. The van der Waals surface area contributed by atoms with Crippen LogP contribution in [0.5, 0.6) is 5.88 Å². The molecule has 1 heterocycles. The van der Waals surface area contributed by atoms with E-state index in [1.807, 2.05) is 0 Å². The second kappa shape index (κ2) is 4.97. The third-order valence-corrected chi connectivity index (χ3v) is 1.46. The summed E-state index contributed by atoms with van der Waals surface area (Å²) in [7, 11) is 1.48. The molecule has 0 saturated carbocycles. The maximum absolute atomic E-state index is 11.8. The molecule has 3 nitrogen and oxygen atoms in total. The van der Waals surface area contributed by atoms with Crippen LogP contribution >= 0.6 is 0 Å². The lowest BCUT2D eigenvalue weighted by molar-refractivity contribution is -0.154. The van der Waals surface area contributed by atoms with Gasteiger partial charge in [-0.05, 0) is 6.07 Å². The molecule has 0 bridgehead atoms. The van der Waals surface area contributed by atoms with Crippen LogP contribution in [0.15, 0.2) is 18.2 Å². The lowest BCUT2D eigenvalue weighted by Gasteiger charge is -2.08. The number of alkyl halides is 3. The van der Waals surface area contributed by atoms with Gasteiger partial charge in [0.2, 0.25) is 5.88 Å². The topological polar surface area (TPSA) is 31.4 Å². The van der Waals surface area contributed by atoms with E-state index in [1.54, 1.807) is 12.1 Å². The SMILES string of the molecule is COCc1cccc(OCC(F)(F)F)n1. The number of halogens is 3. The van der Waals surface area contributed by atoms with Gasteiger partial charge in [-0.1, -0.05) is 6.07 Å². The first-order chi connectivity index (χ1) is 7.01. The first-order valence-corrected chi connectivity index (χ1v) is 4.16. The highest BCUT2D eigenvalue weighted by molar-refractivity contribution is 5.15. The molecule has 1 aromatic heterocycles. The van der Waals surface area contributed by atoms with Crippen molar-refractivity contribution in [1.29, 1.82) is 0 Å². The van der Waals surface area contributed by atoms with Crippen molar-refractivity contribution in [2.24, 2.45) is 0 Å². The lowest BCUT2D eigenvalue weighted by atomic mass is 10.4. The molecule has 84 valence electrons. The van der Waals surface area contributed by atoms with E-state index in [0.717, 1.165) is 0 Å². The Bertz CT molecular complexity index is 314. The Morgan fingerprint density at radius 1 is 1.33 bits per heavy atom. The van der Waals surface area contributed by atoms with Gasteiger partial charge in [0.15, 0.2) is 6.61 Å². The van der Waals surface area contributed by atoms with Crippen LogP contribution in [0.25, 0.3) is 0 Å². The van der Waals surface area contributed by atoms with Crippen LogP contribution in [0.3, 0.4) is 0 Å². The third-order valence-electron chi connectivity index (χ3n) is 1.46. The molecule has 1 rings (SSSR count). The van der Waals surface area contributed by atoms with E-state index >= 15 is 0 Å². The maximum atomic E-state index is 11.8. The van der Waals surface area contributed by atoms with Crippen molar-refractivity contribution < 1.29 is 22.6 Å². The van der Waals surface area contributed by atoms with Gasteiger partial charge in [-0.2, -0.15) is 13.2 Å². The summed E-state index contributed by atoms with van der Waals surface area (Å²) in [5.74, 6) is -0.0538. The van der Waals surface area contributed by atoms with Gasteiger partial charge in [0.25, 0.3) is 0 Å². The molecule has 0 atom stereocenters. The molecule has 0 aliphatic heterocycles. The normalized spacial score (nSPS) is 11.5. The predicted molar refractivity (Wildman–Crippen MR) is 46.5 cm³/mol. The summed E-state index contributed by atoms with van der Waals surface area (Å²) < 4.78 is 44.7. The Kier molecular flexibility index (Phi) is 3.90. The smallest absolute Gasteiger partial charge is 0.422 e. The number of nitrogens with zero attached hydrogens (tertiary/aromatic N) is 1. The zero-order valence-electron chi connectivity index (χ0n) is 8.04. The van der Waals surface area contributed by atoms with Crippen molar-refractivity contribution in [2.75, 3.05) is 13.7 Å². The summed E-state index contributed by atoms with van der Waals surface area (Å²) in [5.41, 5.74) is 0.525. The average Bonchev–Trinajstić information content (AvgIpc) is 2.15. The fraction of sp³-hybridized carbons (Fsp3) is 0.444. The number of ether oxygens (including phenoxy) is 2. The minimum absolute atomic E-state index is 0.0538. The maximum Gasteiger partial charge on any atom is 0.422 e. The molecule has 0 amide bonds. The Hall–Kier alpha value is -1.30. The molecule has 15 heavy (non-hydrogen) atoms. The van der Waals surface area contributed by atoms with Gasteiger partial charge in [-0.25, -0.2) is 4.98 Å². The van der Waals surface area contributed by atoms with Crippen LogP contribution in [0.4, 0.5) is 13.2 Å². The molecule has 0 saturated heterocycles. The Balaban J connectivity index is 2.57. The highest BCUT2D eigenvalue weighted by Crippen LogP contribution is 2.17. The molecule has 0 N–H and O–H groups in total. The van der Waals surface area contributed by atoms with Crippen LogP contribution in [-0.2, 0) is 11.3 Å². The predicted octanol–water partition coefficient (Wildman–Crippen LogP) is 2.17. The van der Waals surface area contributed by atoms with Gasteiger partial charge in [-0.3, -0.25) is 0 Å². The molecular formula is C9H10F3NO2. The number of hydrogen-bond donors (Lipinski definition) is 0. The van der Waals surface area contributed by atoms with E-state index in [-0.39, 0.29) is 12.5 Å². The van der Waals surface area contributed by atoms with Crippen LogP contribution in [0.2, 0.25) is 0 Å². The number of aromatic nitrogens is 1. The second-order valence-electron chi connectivity index (χ2n) is 2.80. The highest BCUT2D eigenvalue weighted by atomic mass is 19.4. The molecule has 0 aromatic carbocycles. The van der Waals surface area contributed by atoms with Gasteiger partial charge in [0, 0.05) is 13.2 Å². The van der Waals surface area contributed by atoms with E-state index in [1.165, 1.54) is 13.2 Å². The van der Waals surface area contributed by atoms with Crippen molar-refractivity contribution in [3.63, 3.8) is 0 Å². The van der Waals surface area contributed by atoms with E-state index in [0.29, 0.717) is 5.69 Å². The molecular weight excluding hydrogens is 211 g/mol. The zero-order chi connectivity index (χ0) is 11.3. The number of methoxy groups -OCH3 is 1. The molecule has 0 aliphatic carbocycles. The van der Waals surface area contributed by atoms with Crippen molar-refractivity contribution in [2.45, 2.75) is 12.8 Å². The van der Waals surface area contributed by atoms with Crippen molar-refractivity contribution in [3.8, 4) is 5.88 Å². The summed E-state index contributed by atoms with van der Waals surface area (Å²) in [4.78, 5) is 3.82. The Labute approximate surface area is 84.8 Å². The van der Waals surface area contributed by atoms with Gasteiger partial charge in [0.1, 0.15) is 0 Å². The molecule has 0 fully saturated rings. The van der Waals surface area contributed by atoms with Crippen molar-refractivity contribution in [1.82, 2.24) is 4.98 Å². The van der Waals surface area contributed by atoms with E-state index in [2.05, 4.69) is 9.72 Å². The standard InChI is InChI=1S/C9H10F3NO2/c1-14-5-7-3-2-4-8(13-7)15-6-9(10,11)12/h2-4H,5-6H2,1H3. The Morgan fingerprint density at radius 2 is 2.07 bits per heavy atom. The number of rotatable bonds is 4. The summed E-state index contributed by atoms with van der Waals surface area (Å²) in [6.07, 6.45) is -4.35. The van der Waals surface area contributed by atoms with Crippen molar-refractivity contribution in [3.05, 3.63) is 23.9 Å². The fourth-order valence-electron chi connectivity index (χ4n) is 0.922. The summed E-state index contributed by atoms with van der Waals surface area (Å²) >= 11 is 0. The van der Waals surface area contributed by atoms with Crippen LogP contribution in [0.1, 0.15) is 5.69 Å². The van der Waals surface area contributed by atoms with Gasteiger partial charge < -0.3 is 9.47 Å². The van der Waals surface area contributed by atoms with Crippen LogP contribution in [-0.4, -0.2) is 24.9 Å². The monoisotopic (exact) mass is 221 g/mol. The zero-order valence-corrected chi connectivity index (χ0v) is 8.04. The minimum Gasteiger partial charge on any atom is -0.468 e. The first-order valence-electron chi connectivity index (χ1n) is 4.16. The molecule has 1 aromatic rings. The third kappa shape index (κ3) is 4.64. The summed E-state index contributed by atoms with van der Waals surface area (Å²) in [5, 5.41) is 0. The minimum atomic E-state index is -4.35. The second-order valence-corrected chi connectivity index (χ2v) is 2.80. The van der Waals surface area contributed by atoms with Gasteiger partial charge >= 0.3 is 6.18 Å². The molecule has 0 spiro atoms. The van der Waals surface area contributed by atoms with E-state index in [4.69, 9.17) is 4.74 Å². The molecule has 0 aliphatic rings. The number of pyridine rings is 1. The summed E-state index contributed by atoms with van der Waals surface area (Å²) in [6.45, 7) is -1.10. The van der Waals surface area contributed by atoms with E-state index in [9.17, 15) is 13.2 Å². The molecule has 0 radical (unpaired) electrons. The van der Waals surface area contributed by atoms with Crippen molar-refractivity contribution >= 4 is 0 Å².